The lowest BCUT2D eigenvalue weighted by Crippen LogP contribution is -2.43. The molecule has 1 aromatic carbocycles. The third-order valence-corrected chi connectivity index (χ3v) is 8.96. The second-order valence-electron chi connectivity index (χ2n) is 11.1. The number of anilines is 1. The van der Waals surface area contributed by atoms with Crippen LogP contribution in [0.25, 0.3) is 22.2 Å². The Labute approximate surface area is 209 Å². The van der Waals surface area contributed by atoms with Crippen LogP contribution in [0.1, 0.15) is 44.9 Å². The van der Waals surface area contributed by atoms with Crippen molar-refractivity contribution in [3.63, 3.8) is 0 Å². The topological polar surface area (TPSA) is 54.4 Å². The Morgan fingerprint density at radius 3 is 2.50 bits per heavy atom. The number of hydrogen-bond donors (Lipinski definition) is 0. The number of hydrogen-bond acceptors (Lipinski definition) is 6. The smallest absolute Gasteiger partial charge is 0.319 e. The molecule has 2 atom stereocenters. The highest BCUT2D eigenvalue weighted by Crippen LogP contribution is 2.42. The summed E-state index contributed by atoms with van der Waals surface area (Å²) in [7, 11) is 0. The second kappa shape index (κ2) is 8.61. The normalized spacial score (nSPS) is 25.0. The summed E-state index contributed by atoms with van der Waals surface area (Å²) in [6.07, 6.45) is 9.89. The quantitative estimate of drug-likeness (QED) is 0.488. The zero-order valence-corrected chi connectivity index (χ0v) is 20.4. The second-order valence-corrected chi connectivity index (χ2v) is 11.1. The fraction of sp³-hybridized carbons (Fsp3) is 0.536. The number of aromatic nitrogens is 3. The molecule has 3 saturated heterocycles. The van der Waals surface area contributed by atoms with Crippen LogP contribution >= 0.6 is 0 Å². The number of benzene rings is 1. The molecule has 0 N–H and O–H groups in total. The van der Waals surface area contributed by atoms with Gasteiger partial charge >= 0.3 is 6.01 Å². The Bertz CT molecular complexity index is 1290. The minimum Gasteiger partial charge on any atom is -0.461 e. The van der Waals surface area contributed by atoms with Crippen LogP contribution in [0.15, 0.2) is 30.5 Å². The largest absolute Gasteiger partial charge is 0.461 e. The Hall–Kier alpha value is -2.87. The van der Waals surface area contributed by atoms with Gasteiger partial charge in [-0.2, -0.15) is 9.97 Å². The van der Waals surface area contributed by atoms with E-state index in [9.17, 15) is 4.39 Å². The molecule has 2 bridgehead atoms. The minimum absolute atomic E-state index is 0.0359. The van der Waals surface area contributed by atoms with E-state index < -0.39 is 11.6 Å². The summed E-state index contributed by atoms with van der Waals surface area (Å²) < 4.78 is 36.8. The molecule has 4 aliphatic rings. The highest BCUT2D eigenvalue weighted by atomic mass is 19.1. The van der Waals surface area contributed by atoms with E-state index >= 15 is 4.39 Å². The Balaban J connectivity index is 1.31. The van der Waals surface area contributed by atoms with E-state index in [4.69, 9.17) is 9.72 Å². The van der Waals surface area contributed by atoms with Gasteiger partial charge in [-0.1, -0.05) is 12.1 Å². The number of halogens is 2. The molecule has 0 amide bonds. The summed E-state index contributed by atoms with van der Waals surface area (Å²) in [5, 5.41) is 0.558. The van der Waals surface area contributed by atoms with Crippen molar-refractivity contribution < 1.29 is 13.5 Å². The van der Waals surface area contributed by atoms with Gasteiger partial charge in [0, 0.05) is 24.8 Å². The van der Waals surface area contributed by atoms with Crippen molar-refractivity contribution in [1.82, 2.24) is 19.9 Å². The number of fused-ring (bicyclic) bond motifs is 4. The lowest BCUT2D eigenvalue weighted by Gasteiger charge is -2.34. The van der Waals surface area contributed by atoms with Crippen LogP contribution in [0.4, 0.5) is 14.6 Å². The molecule has 36 heavy (non-hydrogen) atoms. The third kappa shape index (κ3) is 3.64. The summed E-state index contributed by atoms with van der Waals surface area (Å²) >= 11 is 0. The van der Waals surface area contributed by atoms with Gasteiger partial charge in [-0.3, -0.25) is 9.88 Å². The van der Waals surface area contributed by atoms with E-state index in [1.165, 1.54) is 38.2 Å². The van der Waals surface area contributed by atoms with Crippen LogP contribution in [-0.4, -0.2) is 58.2 Å². The summed E-state index contributed by atoms with van der Waals surface area (Å²) in [4.78, 5) is 18.6. The van der Waals surface area contributed by atoms with Crippen LogP contribution in [0, 0.1) is 23.5 Å². The van der Waals surface area contributed by atoms with Crippen molar-refractivity contribution in [1.29, 1.82) is 0 Å². The van der Waals surface area contributed by atoms with Crippen molar-refractivity contribution in [2.24, 2.45) is 11.8 Å². The van der Waals surface area contributed by atoms with Gasteiger partial charge in [-0.15, -0.1) is 0 Å². The highest BCUT2D eigenvalue weighted by molar-refractivity contribution is 5.92. The molecule has 0 radical (unpaired) electrons. The maximum atomic E-state index is 16.0. The van der Waals surface area contributed by atoms with E-state index in [2.05, 4.69) is 19.8 Å². The van der Waals surface area contributed by atoms with Gasteiger partial charge in [0.2, 0.25) is 0 Å². The standard InChI is InChI=1S/C28H31F2N5O/c29-22-6-2-1-5-20(22)24-23(30)25-21(14-31-24)26(34-15-18-7-8-19(13-18)16-34)33-27(32-25)36-17-28-9-3-11-35(28)12-4-10-28/h1-2,5-6,14,18-19H,3-4,7-13,15-17H2. The summed E-state index contributed by atoms with van der Waals surface area (Å²) in [5.74, 6) is 0.817. The first-order chi connectivity index (χ1) is 17.6. The first-order valence-electron chi connectivity index (χ1n) is 13.3. The average Bonchev–Trinajstić information content (AvgIpc) is 3.57. The number of nitrogens with zero attached hydrogens (tertiary/aromatic N) is 5. The molecule has 1 aliphatic carbocycles. The zero-order valence-electron chi connectivity index (χ0n) is 20.4. The van der Waals surface area contributed by atoms with Crippen LogP contribution in [0.5, 0.6) is 6.01 Å². The molecule has 3 aliphatic heterocycles. The average molecular weight is 492 g/mol. The van der Waals surface area contributed by atoms with Crippen molar-refractivity contribution in [2.45, 2.75) is 50.5 Å². The molecule has 8 heteroatoms. The molecule has 4 fully saturated rings. The fourth-order valence-electron chi connectivity index (χ4n) is 7.21. The van der Waals surface area contributed by atoms with Crippen LogP contribution in [0.3, 0.4) is 0 Å². The number of rotatable bonds is 5. The molecular weight excluding hydrogens is 460 g/mol. The highest BCUT2D eigenvalue weighted by Gasteiger charge is 2.45. The first kappa shape index (κ1) is 22.3. The van der Waals surface area contributed by atoms with Gasteiger partial charge in [-0.05, 0) is 82.0 Å². The van der Waals surface area contributed by atoms with Crippen LogP contribution in [-0.2, 0) is 0 Å². The van der Waals surface area contributed by atoms with Gasteiger partial charge in [0.15, 0.2) is 5.82 Å². The van der Waals surface area contributed by atoms with Gasteiger partial charge in [0.25, 0.3) is 0 Å². The maximum Gasteiger partial charge on any atom is 0.319 e. The Morgan fingerprint density at radius 1 is 1.00 bits per heavy atom. The molecule has 5 heterocycles. The predicted molar refractivity (Wildman–Crippen MR) is 134 cm³/mol. The van der Waals surface area contributed by atoms with Crippen molar-refractivity contribution in [2.75, 3.05) is 37.7 Å². The van der Waals surface area contributed by atoms with Crippen molar-refractivity contribution in [3.05, 3.63) is 42.1 Å². The molecule has 188 valence electrons. The van der Waals surface area contributed by atoms with Gasteiger partial charge < -0.3 is 9.64 Å². The fourth-order valence-corrected chi connectivity index (χ4v) is 7.21. The lowest BCUT2D eigenvalue weighted by molar-refractivity contribution is 0.108. The van der Waals surface area contributed by atoms with E-state index in [-0.39, 0.29) is 28.3 Å². The Morgan fingerprint density at radius 2 is 1.75 bits per heavy atom. The van der Waals surface area contributed by atoms with E-state index in [1.807, 2.05) is 0 Å². The van der Waals surface area contributed by atoms with Crippen molar-refractivity contribution in [3.8, 4) is 17.3 Å². The zero-order chi connectivity index (χ0) is 24.3. The maximum absolute atomic E-state index is 16.0. The van der Waals surface area contributed by atoms with Crippen LogP contribution < -0.4 is 9.64 Å². The third-order valence-electron chi connectivity index (χ3n) is 8.96. The van der Waals surface area contributed by atoms with Gasteiger partial charge in [-0.25, -0.2) is 8.78 Å². The lowest BCUT2D eigenvalue weighted by atomic mass is 9.95. The molecule has 2 aromatic heterocycles. The summed E-state index contributed by atoms with van der Waals surface area (Å²) in [6.45, 7) is 4.52. The van der Waals surface area contributed by atoms with Crippen LogP contribution in [0.2, 0.25) is 0 Å². The summed E-state index contributed by atoms with van der Waals surface area (Å²) in [6, 6.07) is 6.33. The molecule has 6 nitrogen and oxygen atoms in total. The van der Waals surface area contributed by atoms with E-state index in [0.29, 0.717) is 29.6 Å². The molecule has 3 aromatic rings. The molecule has 2 unspecified atom stereocenters. The number of piperidine rings is 1. The Kier molecular flexibility index (Phi) is 5.34. The van der Waals surface area contributed by atoms with E-state index in [1.54, 1.807) is 24.4 Å². The van der Waals surface area contributed by atoms with E-state index in [0.717, 1.165) is 39.0 Å². The monoisotopic (exact) mass is 491 g/mol. The number of ether oxygens (including phenoxy) is 1. The van der Waals surface area contributed by atoms with Gasteiger partial charge in [0.05, 0.1) is 10.9 Å². The van der Waals surface area contributed by atoms with Crippen molar-refractivity contribution >= 4 is 16.7 Å². The number of pyridine rings is 1. The minimum atomic E-state index is -0.632. The molecular formula is C28H31F2N5O. The van der Waals surface area contributed by atoms with Gasteiger partial charge in [0.1, 0.15) is 29.5 Å². The summed E-state index contributed by atoms with van der Waals surface area (Å²) in [5.41, 5.74) is 0.277. The molecule has 0 spiro atoms. The SMILES string of the molecule is Fc1ccccc1-c1ncc2c(N3CC4CCC(C4)C3)nc(OCC34CCCN3CCC4)nc2c1F. The molecule has 7 rings (SSSR count). The predicted octanol–water partition coefficient (Wildman–Crippen LogP) is 5.21. The molecule has 1 saturated carbocycles. The first-order valence-corrected chi connectivity index (χ1v) is 13.3.